The fraction of sp³-hybridized carbons (Fsp3) is 0.200. The smallest absolute Gasteiger partial charge is 0.257 e. The maximum absolute atomic E-state index is 13.5. The monoisotopic (exact) mass is 317 g/mol. The lowest BCUT2D eigenvalue weighted by molar-refractivity contribution is 0.0945. The summed E-state index contributed by atoms with van der Waals surface area (Å²) in [5, 5.41) is 6.49. The molecule has 0 spiro atoms. The van der Waals surface area contributed by atoms with Crippen LogP contribution in [0.25, 0.3) is 5.78 Å². The summed E-state index contributed by atoms with van der Waals surface area (Å²) in [4.78, 5) is 19.9. The van der Waals surface area contributed by atoms with E-state index in [1.165, 1.54) is 12.4 Å². The second-order valence-electron chi connectivity index (χ2n) is 4.92. The molecule has 1 amide bonds. The van der Waals surface area contributed by atoms with Gasteiger partial charge in [-0.05, 0) is 30.5 Å². The summed E-state index contributed by atoms with van der Waals surface area (Å²) in [7, 11) is 0. The molecule has 3 aromatic rings. The van der Waals surface area contributed by atoms with Gasteiger partial charge in [-0.15, -0.1) is 0 Å². The zero-order valence-electron chi connectivity index (χ0n) is 12.0. The molecule has 0 aliphatic heterocycles. The van der Waals surface area contributed by atoms with Crippen LogP contribution in [0.3, 0.4) is 0 Å². The molecule has 118 valence electrons. The average Bonchev–Trinajstić information content (AvgIpc) is 2.99. The van der Waals surface area contributed by atoms with Crippen LogP contribution in [-0.4, -0.2) is 32.0 Å². The third-order valence-electron chi connectivity index (χ3n) is 3.31. The molecule has 2 heterocycles. The lowest BCUT2D eigenvalue weighted by Crippen LogP contribution is -2.26. The number of amides is 1. The minimum Gasteiger partial charge on any atom is -0.352 e. The van der Waals surface area contributed by atoms with E-state index in [0.29, 0.717) is 25.2 Å². The van der Waals surface area contributed by atoms with Crippen molar-refractivity contribution in [3.63, 3.8) is 0 Å². The van der Waals surface area contributed by atoms with E-state index in [9.17, 15) is 13.6 Å². The first-order valence-corrected chi connectivity index (χ1v) is 7.01. The standard InChI is InChI=1S/C15H13F2N5O/c16-11-4-1-5-12(17)13(11)14(23)18-6-2-3-10-7-19-15-20-9-21-22(15)8-10/h1,4-5,7-9H,2-3,6H2,(H,18,23). The summed E-state index contributed by atoms with van der Waals surface area (Å²) in [6, 6.07) is 3.32. The number of hydrogen-bond donors (Lipinski definition) is 1. The summed E-state index contributed by atoms with van der Waals surface area (Å²) in [5.74, 6) is -1.99. The molecule has 0 aliphatic carbocycles. The Balaban J connectivity index is 1.54. The van der Waals surface area contributed by atoms with Crippen LogP contribution in [0.15, 0.2) is 36.9 Å². The molecule has 0 fully saturated rings. The van der Waals surface area contributed by atoms with E-state index in [-0.39, 0.29) is 0 Å². The Morgan fingerprint density at radius 3 is 2.78 bits per heavy atom. The first kappa shape index (κ1) is 15.0. The normalized spacial score (nSPS) is 10.9. The van der Waals surface area contributed by atoms with E-state index in [1.54, 1.807) is 16.9 Å². The number of aryl methyl sites for hydroxylation is 1. The van der Waals surface area contributed by atoms with Crippen molar-refractivity contribution in [1.29, 1.82) is 0 Å². The van der Waals surface area contributed by atoms with Gasteiger partial charge in [0.15, 0.2) is 0 Å². The molecule has 0 bridgehead atoms. The van der Waals surface area contributed by atoms with Gasteiger partial charge in [-0.1, -0.05) is 6.07 Å². The second-order valence-corrected chi connectivity index (χ2v) is 4.92. The van der Waals surface area contributed by atoms with Gasteiger partial charge in [0.05, 0.1) is 0 Å². The van der Waals surface area contributed by atoms with Crippen molar-refractivity contribution in [2.45, 2.75) is 12.8 Å². The van der Waals surface area contributed by atoms with Gasteiger partial charge < -0.3 is 5.32 Å². The fourth-order valence-corrected chi connectivity index (χ4v) is 2.19. The molecule has 1 aromatic carbocycles. The predicted octanol–water partition coefficient (Wildman–Crippen LogP) is 1.77. The van der Waals surface area contributed by atoms with E-state index in [0.717, 1.165) is 17.7 Å². The summed E-state index contributed by atoms with van der Waals surface area (Å²) < 4.78 is 28.5. The summed E-state index contributed by atoms with van der Waals surface area (Å²) >= 11 is 0. The molecule has 0 unspecified atom stereocenters. The van der Waals surface area contributed by atoms with Crippen LogP contribution in [0, 0.1) is 11.6 Å². The first-order valence-electron chi connectivity index (χ1n) is 7.01. The average molecular weight is 317 g/mol. The van der Waals surface area contributed by atoms with Gasteiger partial charge in [-0.2, -0.15) is 10.1 Å². The molecule has 0 saturated carbocycles. The van der Waals surface area contributed by atoms with Crippen molar-refractivity contribution in [2.75, 3.05) is 6.54 Å². The van der Waals surface area contributed by atoms with Gasteiger partial charge in [0.1, 0.15) is 23.5 Å². The van der Waals surface area contributed by atoms with Crippen LogP contribution >= 0.6 is 0 Å². The number of carbonyl (C=O) groups is 1. The van der Waals surface area contributed by atoms with Gasteiger partial charge >= 0.3 is 0 Å². The predicted molar refractivity (Wildman–Crippen MR) is 77.8 cm³/mol. The fourth-order valence-electron chi connectivity index (χ4n) is 2.19. The van der Waals surface area contributed by atoms with Gasteiger partial charge in [-0.25, -0.2) is 18.3 Å². The lowest BCUT2D eigenvalue weighted by Gasteiger charge is -2.07. The van der Waals surface area contributed by atoms with E-state index in [4.69, 9.17) is 0 Å². The lowest BCUT2D eigenvalue weighted by atomic mass is 10.1. The molecular weight excluding hydrogens is 304 g/mol. The number of carbonyl (C=O) groups excluding carboxylic acids is 1. The van der Waals surface area contributed by atoms with Crippen molar-refractivity contribution in [2.24, 2.45) is 0 Å². The topological polar surface area (TPSA) is 72.2 Å². The quantitative estimate of drug-likeness (QED) is 0.728. The van der Waals surface area contributed by atoms with Gasteiger partial charge in [0.25, 0.3) is 11.7 Å². The van der Waals surface area contributed by atoms with Gasteiger partial charge in [-0.3, -0.25) is 4.79 Å². The number of rotatable bonds is 5. The Hall–Kier alpha value is -2.90. The molecule has 0 saturated heterocycles. The number of nitrogens with zero attached hydrogens (tertiary/aromatic N) is 4. The highest BCUT2D eigenvalue weighted by atomic mass is 19.1. The minimum absolute atomic E-state index is 0.294. The Morgan fingerprint density at radius 1 is 1.22 bits per heavy atom. The molecule has 0 aliphatic rings. The molecular formula is C15H13F2N5O. The number of aromatic nitrogens is 4. The van der Waals surface area contributed by atoms with Gasteiger partial charge in [0.2, 0.25) is 0 Å². The van der Waals surface area contributed by atoms with Crippen molar-refractivity contribution in [3.05, 3.63) is 59.7 Å². The van der Waals surface area contributed by atoms with Crippen molar-refractivity contribution < 1.29 is 13.6 Å². The Kier molecular flexibility index (Phi) is 4.22. The van der Waals surface area contributed by atoms with Crippen LogP contribution in [0.5, 0.6) is 0 Å². The Labute approximate surface area is 130 Å². The Bertz CT molecular complexity index is 829. The zero-order valence-corrected chi connectivity index (χ0v) is 12.0. The molecule has 2 aromatic heterocycles. The van der Waals surface area contributed by atoms with Crippen LogP contribution in [0.1, 0.15) is 22.3 Å². The highest BCUT2D eigenvalue weighted by Crippen LogP contribution is 2.11. The number of benzene rings is 1. The van der Waals surface area contributed by atoms with Crippen molar-refractivity contribution in [3.8, 4) is 0 Å². The molecule has 1 N–H and O–H groups in total. The van der Waals surface area contributed by atoms with Crippen LogP contribution < -0.4 is 5.32 Å². The zero-order chi connectivity index (χ0) is 16.2. The largest absolute Gasteiger partial charge is 0.352 e. The molecule has 0 radical (unpaired) electrons. The van der Waals surface area contributed by atoms with Crippen LogP contribution in [0.2, 0.25) is 0 Å². The van der Waals surface area contributed by atoms with Crippen molar-refractivity contribution in [1.82, 2.24) is 24.9 Å². The molecule has 23 heavy (non-hydrogen) atoms. The minimum atomic E-state index is -0.872. The SMILES string of the molecule is O=C(NCCCc1cnc2ncnn2c1)c1c(F)cccc1F. The van der Waals surface area contributed by atoms with Crippen molar-refractivity contribution >= 4 is 11.7 Å². The maximum atomic E-state index is 13.5. The summed E-state index contributed by atoms with van der Waals surface area (Å²) in [5.41, 5.74) is 0.368. The number of halogens is 2. The third kappa shape index (κ3) is 3.31. The maximum Gasteiger partial charge on any atom is 0.257 e. The van der Waals surface area contributed by atoms with E-state index in [2.05, 4.69) is 20.4 Å². The second kappa shape index (κ2) is 6.47. The molecule has 0 atom stereocenters. The van der Waals surface area contributed by atoms with Crippen LogP contribution in [0.4, 0.5) is 8.78 Å². The van der Waals surface area contributed by atoms with E-state index >= 15 is 0 Å². The highest BCUT2D eigenvalue weighted by molar-refractivity contribution is 5.94. The highest BCUT2D eigenvalue weighted by Gasteiger charge is 2.16. The molecule has 8 heteroatoms. The summed E-state index contributed by atoms with van der Waals surface area (Å²) in [6.45, 7) is 0.294. The third-order valence-corrected chi connectivity index (χ3v) is 3.31. The van der Waals surface area contributed by atoms with E-state index in [1.807, 2.05) is 0 Å². The number of nitrogens with one attached hydrogen (secondary N) is 1. The van der Waals surface area contributed by atoms with Gasteiger partial charge in [0, 0.05) is 18.9 Å². The number of fused-ring (bicyclic) bond motifs is 1. The summed E-state index contributed by atoms with van der Waals surface area (Å²) in [6.07, 6.45) is 6.14. The van der Waals surface area contributed by atoms with E-state index < -0.39 is 23.1 Å². The van der Waals surface area contributed by atoms with Crippen LogP contribution in [-0.2, 0) is 6.42 Å². The Morgan fingerprint density at radius 2 is 2.00 bits per heavy atom. The molecule has 6 nitrogen and oxygen atoms in total. The molecule has 3 rings (SSSR count). The first-order chi connectivity index (χ1) is 11.1. The number of hydrogen-bond acceptors (Lipinski definition) is 4.